The number of ether oxygens (including phenoxy) is 2. The molecule has 0 aliphatic carbocycles. The Hall–Kier alpha value is -3.47. The lowest BCUT2D eigenvalue weighted by atomic mass is 10.1. The molecule has 0 spiro atoms. The molecule has 5 nitrogen and oxygen atoms in total. The molecule has 0 unspecified atom stereocenters. The molecule has 0 aliphatic heterocycles. The SMILES string of the molecule is CCOc1cc(CNc2ccc(C)c(C)c2)ccc1OCC(=O)Nc1cc(C)ccc1C. The summed E-state index contributed by atoms with van der Waals surface area (Å²) in [5.74, 6) is 0.978. The first kappa shape index (κ1) is 23.2. The molecule has 0 radical (unpaired) electrons. The average molecular weight is 433 g/mol. The van der Waals surface area contributed by atoms with E-state index in [1.807, 2.05) is 57.2 Å². The highest BCUT2D eigenvalue weighted by molar-refractivity contribution is 5.92. The van der Waals surface area contributed by atoms with E-state index in [0.717, 1.165) is 28.1 Å². The van der Waals surface area contributed by atoms with Gasteiger partial charge in [0.15, 0.2) is 18.1 Å². The molecule has 0 heterocycles. The summed E-state index contributed by atoms with van der Waals surface area (Å²) in [5, 5.41) is 6.36. The summed E-state index contributed by atoms with van der Waals surface area (Å²) in [6.07, 6.45) is 0. The van der Waals surface area contributed by atoms with Crippen LogP contribution in [0.5, 0.6) is 11.5 Å². The fourth-order valence-electron chi connectivity index (χ4n) is 3.31. The number of carbonyl (C=O) groups excluding carboxylic acids is 1. The normalized spacial score (nSPS) is 10.5. The first-order chi connectivity index (χ1) is 15.4. The van der Waals surface area contributed by atoms with Gasteiger partial charge in [-0.1, -0.05) is 24.3 Å². The van der Waals surface area contributed by atoms with Crippen molar-refractivity contribution in [1.29, 1.82) is 0 Å². The second kappa shape index (κ2) is 10.7. The molecule has 3 aromatic rings. The molecule has 0 bridgehead atoms. The Morgan fingerprint density at radius 1 is 0.812 bits per heavy atom. The zero-order valence-corrected chi connectivity index (χ0v) is 19.5. The van der Waals surface area contributed by atoms with Crippen molar-refractivity contribution in [2.24, 2.45) is 0 Å². The Morgan fingerprint density at radius 3 is 2.34 bits per heavy atom. The van der Waals surface area contributed by atoms with Gasteiger partial charge in [-0.3, -0.25) is 4.79 Å². The summed E-state index contributed by atoms with van der Waals surface area (Å²) in [6.45, 7) is 11.2. The molecule has 0 saturated carbocycles. The Bertz CT molecular complexity index is 1090. The van der Waals surface area contributed by atoms with Gasteiger partial charge in [0, 0.05) is 17.9 Å². The maximum Gasteiger partial charge on any atom is 0.262 e. The van der Waals surface area contributed by atoms with Crippen molar-refractivity contribution in [2.75, 3.05) is 23.8 Å². The minimum Gasteiger partial charge on any atom is -0.490 e. The van der Waals surface area contributed by atoms with Crippen LogP contribution in [-0.2, 0) is 11.3 Å². The van der Waals surface area contributed by atoms with Crippen LogP contribution in [0.15, 0.2) is 54.6 Å². The molecule has 0 aliphatic rings. The summed E-state index contributed by atoms with van der Waals surface area (Å²) < 4.78 is 11.5. The standard InChI is InChI=1S/C27H32N2O3/c1-6-31-26-15-22(16-28-23-11-9-19(3)21(5)14-23)10-12-25(26)32-17-27(30)29-24-13-18(2)7-8-20(24)4/h7-15,28H,6,16-17H2,1-5H3,(H,29,30). The lowest BCUT2D eigenvalue weighted by Gasteiger charge is -2.15. The van der Waals surface area contributed by atoms with Gasteiger partial charge in [0.25, 0.3) is 5.91 Å². The maximum absolute atomic E-state index is 12.4. The van der Waals surface area contributed by atoms with Crippen LogP contribution in [0.25, 0.3) is 0 Å². The fraction of sp³-hybridized carbons (Fsp3) is 0.296. The molecule has 5 heteroatoms. The van der Waals surface area contributed by atoms with Crippen molar-refractivity contribution in [3.8, 4) is 11.5 Å². The van der Waals surface area contributed by atoms with Crippen LogP contribution in [-0.4, -0.2) is 19.1 Å². The lowest BCUT2D eigenvalue weighted by molar-refractivity contribution is -0.118. The van der Waals surface area contributed by atoms with Crippen molar-refractivity contribution in [3.05, 3.63) is 82.4 Å². The van der Waals surface area contributed by atoms with Crippen LogP contribution in [0, 0.1) is 27.7 Å². The first-order valence-corrected chi connectivity index (χ1v) is 10.9. The van der Waals surface area contributed by atoms with Crippen molar-refractivity contribution < 1.29 is 14.3 Å². The van der Waals surface area contributed by atoms with E-state index >= 15 is 0 Å². The Balaban J connectivity index is 1.62. The van der Waals surface area contributed by atoms with Crippen LogP contribution in [0.4, 0.5) is 11.4 Å². The van der Waals surface area contributed by atoms with E-state index in [2.05, 4.69) is 42.7 Å². The van der Waals surface area contributed by atoms with E-state index in [9.17, 15) is 4.79 Å². The summed E-state index contributed by atoms with van der Waals surface area (Å²) in [5.41, 5.74) is 7.59. The highest BCUT2D eigenvalue weighted by Gasteiger charge is 2.11. The third kappa shape index (κ3) is 6.27. The van der Waals surface area contributed by atoms with Crippen LogP contribution < -0.4 is 20.1 Å². The largest absolute Gasteiger partial charge is 0.490 e. The monoisotopic (exact) mass is 432 g/mol. The van der Waals surface area contributed by atoms with Gasteiger partial charge in [-0.2, -0.15) is 0 Å². The fourth-order valence-corrected chi connectivity index (χ4v) is 3.31. The summed E-state index contributed by atoms with van der Waals surface area (Å²) in [6, 6.07) is 18.1. The number of aryl methyl sites for hydroxylation is 4. The molecule has 1 amide bonds. The third-order valence-electron chi connectivity index (χ3n) is 5.34. The molecular weight excluding hydrogens is 400 g/mol. The first-order valence-electron chi connectivity index (χ1n) is 10.9. The summed E-state index contributed by atoms with van der Waals surface area (Å²) in [7, 11) is 0. The number of carbonyl (C=O) groups is 1. The molecule has 3 aromatic carbocycles. The average Bonchev–Trinajstić information content (AvgIpc) is 2.76. The maximum atomic E-state index is 12.4. The predicted molar refractivity (Wildman–Crippen MR) is 131 cm³/mol. The van der Waals surface area contributed by atoms with E-state index in [1.165, 1.54) is 11.1 Å². The van der Waals surface area contributed by atoms with E-state index < -0.39 is 0 Å². The molecule has 32 heavy (non-hydrogen) atoms. The molecular formula is C27H32N2O3. The van der Waals surface area contributed by atoms with Gasteiger partial charge in [-0.15, -0.1) is 0 Å². The van der Waals surface area contributed by atoms with Crippen LogP contribution in [0.3, 0.4) is 0 Å². The Kier molecular flexibility index (Phi) is 7.77. The van der Waals surface area contributed by atoms with Gasteiger partial charge in [0.05, 0.1) is 6.61 Å². The van der Waals surface area contributed by atoms with Crippen LogP contribution >= 0.6 is 0 Å². The minimum atomic E-state index is -0.207. The second-order valence-corrected chi connectivity index (χ2v) is 8.02. The van der Waals surface area contributed by atoms with E-state index in [-0.39, 0.29) is 12.5 Å². The smallest absolute Gasteiger partial charge is 0.262 e. The van der Waals surface area contributed by atoms with Gasteiger partial charge in [-0.05, 0) is 92.8 Å². The number of amides is 1. The van der Waals surface area contributed by atoms with E-state index in [1.54, 1.807) is 0 Å². The van der Waals surface area contributed by atoms with Gasteiger partial charge in [0.2, 0.25) is 0 Å². The second-order valence-electron chi connectivity index (χ2n) is 8.02. The topological polar surface area (TPSA) is 59.6 Å². The summed E-state index contributed by atoms with van der Waals surface area (Å²) in [4.78, 5) is 12.4. The molecule has 3 rings (SSSR count). The Morgan fingerprint density at radius 2 is 1.59 bits per heavy atom. The molecule has 0 saturated heterocycles. The van der Waals surface area contributed by atoms with Crippen molar-refractivity contribution in [3.63, 3.8) is 0 Å². The number of hydrogen-bond acceptors (Lipinski definition) is 4. The van der Waals surface area contributed by atoms with E-state index in [0.29, 0.717) is 24.7 Å². The number of rotatable bonds is 9. The molecule has 0 aromatic heterocycles. The third-order valence-corrected chi connectivity index (χ3v) is 5.34. The quantitative estimate of drug-likeness (QED) is 0.439. The van der Waals surface area contributed by atoms with Gasteiger partial charge in [0.1, 0.15) is 0 Å². The molecule has 0 atom stereocenters. The number of anilines is 2. The molecule has 0 fully saturated rings. The van der Waals surface area contributed by atoms with Gasteiger partial charge in [-0.25, -0.2) is 0 Å². The van der Waals surface area contributed by atoms with Crippen LogP contribution in [0.1, 0.15) is 34.7 Å². The lowest BCUT2D eigenvalue weighted by Crippen LogP contribution is -2.21. The zero-order chi connectivity index (χ0) is 23.1. The number of nitrogens with one attached hydrogen (secondary N) is 2. The molecule has 168 valence electrons. The van der Waals surface area contributed by atoms with Crippen molar-refractivity contribution >= 4 is 17.3 Å². The van der Waals surface area contributed by atoms with Crippen molar-refractivity contribution in [2.45, 2.75) is 41.2 Å². The Labute approximate surface area is 190 Å². The zero-order valence-electron chi connectivity index (χ0n) is 19.5. The number of hydrogen-bond donors (Lipinski definition) is 2. The van der Waals surface area contributed by atoms with Crippen molar-refractivity contribution in [1.82, 2.24) is 0 Å². The number of benzene rings is 3. The predicted octanol–water partition coefficient (Wildman–Crippen LogP) is 5.95. The highest BCUT2D eigenvalue weighted by Crippen LogP contribution is 2.29. The van der Waals surface area contributed by atoms with Gasteiger partial charge < -0.3 is 20.1 Å². The minimum absolute atomic E-state index is 0.0896. The van der Waals surface area contributed by atoms with Gasteiger partial charge >= 0.3 is 0 Å². The summed E-state index contributed by atoms with van der Waals surface area (Å²) >= 11 is 0. The van der Waals surface area contributed by atoms with E-state index in [4.69, 9.17) is 9.47 Å². The van der Waals surface area contributed by atoms with Crippen LogP contribution in [0.2, 0.25) is 0 Å². The highest BCUT2D eigenvalue weighted by atomic mass is 16.5. The molecule has 2 N–H and O–H groups in total.